The molecule has 1 aliphatic rings. The summed E-state index contributed by atoms with van der Waals surface area (Å²) >= 11 is 5.93. The second-order valence-electron chi connectivity index (χ2n) is 4.31. The van der Waals surface area contributed by atoms with Crippen molar-refractivity contribution < 1.29 is 4.92 Å². The molecule has 0 amide bonds. The Hall–Kier alpha value is -1.36. The summed E-state index contributed by atoms with van der Waals surface area (Å²) in [6.07, 6.45) is 6.26. The predicted molar refractivity (Wildman–Crippen MR) is 66.3 cm³/mol. The molecule has 0 spiro atoms. The molecule has 6 heteroatoms. The van der Waals surface area contributed by atoms with E-state index in [0.29, 0.717) is 16.8 Å². The predicted octanol–water partition coefficient (Wildman–Crippen LogP) is 3.25. The van der Waals surface area contributed by atoms with E-state index in [-0.39, 0.29) is 5.69 Å². The highest BCUT2D eigenvalue weighted by Gasteiger charge is 2.16. The van der Waals surface area contributed by atoms with Crippen molar-refractivity contribution in [2.24, 2.45) is 5.92 Å². The Morgan fingerprint density at radius 2 is 2.24 bits per heavy atom. The summed E-state index contributed by atoms with van der Waals surface area (Å²) in [5.41, 5.74) is -0.0820. The Labute approximate surface area is 104 Å². The number of aromatic nitrogens is 1. The van der Waals surface area contributed by atoms with Gasteiger partial charge in [0, 0.05) is 12.6 Å². The number of pyridine rings is 1. The molecule has 0 aliphatic heterocycles. The first-order valence-electron chi connectivity index (χ1n) is 5.70. The van der Waals surface area contributed by atoms with Crippen LogP contribution in [0.1, 0.15) is 25.7 Å². The van der Waals surface area contributed by atoms with Gasteiger partial charge >= 0.3 is 0 Å². The molecule has 1 aliphatic carbocycles. The van der Waals surface area contributed by atoms with E-state index in [4.69, 9.17) is 11.6 Å². The number of nitro groups is 1. The molecule has 5 nitrogen and oxygen atoms in total. The average Bonchev–Trinajstić information content (AvgIpc) is 2.80. The quantitative estimate of drug-likeness (QED) is 0.662. The lowest BCUT2D eigenvalue weighted by molar-refractivity contribution is -0.385. The van der Waals surface area contributed by atoms with Crippen molar-refractivity contribution in [1.29, 1.82) is 0 Å². The van der Waals surface area contributed by atoms with Crippen LogP contribution in [0.2, 0.25) is 5.02 Å². The van der Waals surface area contributed by atoms with Crippen LogP contribution in [0, 0.1) is 16.0 Å². The summed E-state index contributed by atoms with van der Waals surface area (Å²) in [7, 11) is 0. The van der Waals surface area contributed by atoms with Crippen molar-refractivity contribution in [1.82, 2.24) is 4.98 Å². The highest BCUT2D eigenvalue weighted by Crippen LogP contribution is 2.27. The molecule has 0 saturated heterocycles. The van der Waals surface area contributed by atoms with E-state index in [1.165, 1.54) is 37.9 Å². The van der Waals surface area contributed by atoms with E-state index >= 15 is 0 Å². The molecule has 1 aromatic rings. The standard InChI is InChI=1S/C11H14ClN3O2/c12-10-5-9(15(16)17)7-14-11(10)13-6-8-3-1-2-4-8/h5,7-8H,1-4,6H2,(H,13,14). The van der Waals surface area contributed by atoms with Crippen molar-refractivity contribution >= 4 is 23.1 Å². The zero-order chi connectivity index (χ0) is 12.3. The molecule has 2 rings (SSSR count). The first-order valence-corrected chi connectivity index (χ1v) is 6.08. The van der Waals surface area contributed by atoms with Crippen LogP contribution in [0.4, 0.5) is 11.5 Å². The van der Waals surface area contributed by atoms with E-state index in [1.807, 2.05) is 0 Å². The van der Waals surface area contributed by atoms with Crippen LogP contribution in [0.25, 0.3) is 0 Å². The minimum Gasteiger partial charge on any atom is -0.369 e. The third kappa shape index (κ3) is 3.06. The van der Waals surface area contributed by atoms with Gasteiger partial charge in [0.2, 0.25) is 0 Å². The summed E-state index contributed by atoms with van der Waals surface area (Å²) in [6.45, 7) is 0.838. The fourth-order valence-corrected chi connectivity index (χ4v) is 2.34. The maximum absolute atomic E-state index is 10.5. The van der Waals surface area contributed by atoms with Crippen LogP contribution < -0.4 is 5.32 Å². The normalized spacial score (nSPS) is 16.1. The smallest absolute Gasteiger partial charge is 0.289 e. The molecular formula is C11H14ClN3O2. The first kappa shape index (κ1) is 12.1. The van der Waals surface area contributed by atoms with E-state index in [1.54, 1.807) is 0 Å². The SMILES string of the molecule is O=[N+]([O-])c1cnc(NCC2CCCC2)c(Cl)c1. The van der Waals surface area contributed by atoms with Gasteiger partial charge in [-0.05, 0) is 18.8 Å². The first-order chi connectivity index (χ1) is 8.16. The third-order valence-electron chi connectivity index (χ3n) is 3.07. The lowest BCUT2D eigenvalue weighted by atomic mass is 10.1. The van der Waals surface area contributed by atoms with Crippen molar-refractivity contribution in [2.75, 3.05) is 11.9 Å². The van der Waals surface area contributed by atoms with Crippen LogP contribution in [0.5, 0.6) is 0 Å². The highest BCUT2D eigenvalue weighted by molar-refractivity contribution is 6.33. The molecule has 1 saturated carbocycles. The van der Waals surface area contributed by atoms with Gasteiger partial charge in [-0.1, -0.05) is 24.4 Å². The monoisotopic (exact) mass is 255 g/mol. The van der Waals surface area contributed by atoms with E-state index in [2.05, 4.69) is 10.3 Å². The lowest BCUT2D eigenvalue weighted by Gasteiger charge is -2.11. The molecule has 1 aromatic heterocycles. The van der Waals surface area contributed by atoms with Crippen molar-refractivity contribution in [3.05, 3.63) is 27.4 Å². The second-order valence-corrected chi connectivity index (χ2v) is 4.72. The summed E-state index contributed by atoms with van der Waals surface area (Å²) < 4.78 is 0. The molecule has 0 unspecified atom stereocenters. The number of nitrogens with zero attached hydrogens (tertiary/aromatic N) is 2. The third-order valence-corrected chi connectivity index (χ3v) is 3.36. The van der Waals surface area contributed by atoms with E-state index < -0.39 is 4.92 Å². The molecule has 17 heavy (non-hydrogen) atoms. The second kappa shape index (κ2) is 5.31. The minimum atomic E-state index is -0.500. The fraction of sp³-hybridized carbons (Fsp3) is 0.545. The number of hydrogen-bond donors (Lipinski definition) is 1. The zero-order valence-corrected chi connectivity index (χ0v) is 10.1. The van der Waals surface area contributed by atoms with Crippen LogP contribution in [-0.4, -0.2) is 16.5 Å². The summed E-state index contributed by atoms with van der Waals surface area (Å²) in [5, 5.41) is 14.0. The molecule has 0 radical (unpaired) electrons. The number of anilines is 1. The van der Waals surface area contributed by atoms with Crippen molar-refractivity contribution in [3.8, 4) is 0 Å². The fourth-order valence-electron chi connectivity index (χ4n) is 2.11. The molecule has 0 aromatic carbocycles. The molecule has 0 atom stereocenters. The largest absolute Gasteiger partial charge is 0.369 e. The van der Waals surface area contributed by atoms with Gasteiger partial charge < -0.3 is 5.32 Å². The molecule has 1 N–H and O–H groups in total. The van der Waals surface area contributed by atoms with Gasteiger partial charge in [-0.2, -0.15) is 0 Å². The topological polar surface area (TPSA) is 68.1 Å². The Bertz CT molecular complexity index is 419. The van der Waals surface area contributed by atoms with Gasteiger partial charge in [-0.3, -0.25) is 10.1 Å². The Morgan fingerprint density at radius 3 is 2.82 bits per heavy atom. The summed E-state index contributed by atoms with van der Waals surface area (Å²) in [5.74, 6) is 1.20. The number of rotatable bonds is 4. The number of hydrogen-bond acceptors (Lipinski definition) is 4. The van der Waals surface area contributed by atoms with Gasteiger partial charge in [0.25, 0.3) is 5.69 Å². The molecule has 92 valence electrons. The van der Waals surface area contributed by atoms with Crippen molar-refractivity contribution in [3.63, 3.8) is 0 Å². The van der Waals surface area contributed by atoms with Crippen LogP contribution in [-0.2, 0) is 0 Å². The maximum atomic E-state index is 10.5. The van der Waals surface area contributed by atoms with Gasteiger partial charge in [-0.25, -0.2) is 4.98 Å². The van der Waals surface area contributed by atoms with Gasteiger partial charge in [-0.15, -0.1) is 0 Å². The van der Waals surface area contributed by atoms with Crippen LogP contribution in [0.3, 0.4) is 0 Å². The number of nitrogens with one attached hydrogen (secondary N) is 1. The van der Waals surface area contributed by atoms with E-state index in [0.717, 1.165) is 6.54 Å². The minimum absolute atomic E-state index is 0.0820. The van der Waals surface area contributed by atoms with E-state index in [9.17, 15) is 10.1 Å². The van der Waals surface area contributed by atoms with Crippen molar-refractivity contribution in [2.45, 2.75) is 25.7 Å². The van der Waals surface area contributed by atoms with Crippen LogP contribution >= 0.6 is 11.6 Å². The molecule has 1 fully saturated rings. The zero-order valence-electron chi connectivity index (χ0n) is 9.36. The Morgan fingerprint density at radius 1 is 1.53 bits per heavy atom. The highest BCUT2D eigenvalue weighted by atomic mass is 35.5. The van der Waals surface area contributed by atoms with Crippen LogP contribution in [0.15, 0.2) is 12.3 Å². The summed E-state index contributed by atoms with van der Waals surface area (Å²) in [4.78, 5) is 14.0. The lowest BCUT2D eigenvalue weighted by Crippen LogP contribution is -2.12. The average molecular weight is 256 g/mol. The number of halogens is 1. The maximum Gasteiger partial charge on any atom is 0.289 e. The van der Waals surface area contributed by atoms with Gasteiger partial charge in [0.15, 0.2) is 0 Å². The molecule has 1 heterocycles. The molecular weight excluding hydrogens is 242 g/mol. The Balaban J connectivity index is 1.98. The van der Waals surface area contributed by atoms with Gasteiger partial charge in [0.05, 0.1) is 9.95 Å². The van der Waals surface area contributed by atoms with Gasteiger partial charge in [0.1, 0.15) is 12.0 Å². The molecule has 0 bridgehead atoms. The Kier molecular flexibility index (Phi) is 3.78. The summed E-state index contributed by atoms with van der Waals surface area (Å²) in [6, 6.07) is 1.32.